The molecule has 188 valence electrons. The lowest BCUT2D eigenvalue weighted by Crippen LogP contribution is -2.38. The quantitative estimate of drug-likeness (QED) is 0.336. The molecule has 0 aliphatic carbocycles. The Bertz CT molecular complexity index is 1360. The summed E-state index contributed by atoms with van der Waals surface area (Å²) >= 11 is 5.86. The number of urea groups is 1. The number of anilines is 1. The van der Waals surface area contributed by atoms with Crippen molar-refractivity contribution in [1.82, 2.24) is 24.6 Å². The van der Waals surface area contributed by atoms with E-state index in [9.17, 15) is 14.3 Å². The third kappa shape index (κ3) is 5.72. The number of fused-ring (bicyclic) bond motifs is 1. The predicted octanol–water partition coefficient (Wildman–Crippen LogP) is 4.71. The van der Waals surface area contributed by atoms with Crippen molar-refractivity contribution in [3.05, 3.63) is 77.2 Å². The van der Waals surface area contributed by atoms with E-state index in [1.54, 1.807) is 29.2 Å². The number of rotatable bonds is 9. The molecule has 0 saturated heterocycles. The molecule has 0 aliphatic rings. The second-order valence-corrected chi connectivity index (χ2v) is 8.60. The van der Waals surface area contributed by atoms with Crippen LogP contribution in [0.3, 0.4) is 0 Å². The van der Waals surface area contributed by atoms with Gasteiger partial charge in [-0.3, -0.25) is 4.68 Å². The van der Waals surface area contributed by atoms with Crippen LogP contribution < -0.4 is 10.1 Å². The van der Waals surface area contributed by atoms with Gasteiger partial charge in [0.1, 0.15) is 12.1 Å². The van der Waals surface area contributed by atoms with Gasteiger partial charge in [0.15, 0.2) is 12.4 Å². The lowest BCUT2D eigenvalue weighted by Gasteiger charge is -2.30. The van der Waals surface area contributed by atoms with Crippen molar-refractivity contribution in [1.29, 1.82) is 0 Å². The van der Waals surface area contributed by atoms with Gasteiger partial charge in [-0.2, -0.15) is 5.10 Å². The number of nitrogens with zero attached hydrogens (tertiary/aromatic N) is 5. The molecule has 1 unspecified atom stereocenters. The molecule has 0 saturated carbocycles. The highest BCUT2D eigenvalue weighted by Gasteiger charge is 2.24. The van der Waals surface area contributed by atoms with Crippen LogP contribution in [0.2, 0.25) is 5.02 Å². The molecule has 2 aromatic carbocycles. The average molecular weight is 513 g/mol. The Labute approximate surface area is 212 Å². The van der Waals surface area contributed by atoms with Crippen LogP contribution in [0.15, 0.2) is 55.0 Å². The molecule has 0 aliphatic heterocycles. The zero-order chi connectivity index (χ0) is 25.7. The van der Waals surface area contributed by atoms with Crippen molar-refractivity contribution in [3.8, 4) is 5.88 Å². The van der Waals surface area contributed by atoms with Gasteiger partial charge in [0.25, 0.3) is 0 Å². The standard InChI is InChI=1S/C25H26ClFN6O3/c1-16(33(10-5-11-34)25(35)30-17-8-9-22(27)21(26)12-17)20-13-28-24(19-7-4-3-6-18(19)20)36-14-23-29-15-32(2)31-23/h3-4,6-9,12-13,15-16,34H,5,10-11,14H2,1-2H3,(H,30,35). The molecule has 11 heteroatoms. The van der Waals surface area contributed by atoms with E-state index in [0.29, 0.717) is 23.8 Å². The molecule has 2 aromatic heterocycles. The van der Waals surface area contributed by atoms with E-state index in [1.807, 2.05) is 31.2 Å². The van der Waals surface area contributed by atoms with Gasteiger partial charge in [-0.1, -0.05) is 29.8 Å². The molecule has 2 heterocycles. The van der Waals surface area contributed by atoms with Gasteiger partial charge in [-0.05, 0) is 43.0 Å². The maximum atomic E-state index is 13.5. The molecule has 0 radical (unpaired) electrons. The predicted molar refractivity (Wildman–Crippen MR) is 134 cm³/mol. The van der Waals surface area contributed by atoms with Crippen molar-refractivity contribution in [2.45, 2.75) is 26.0 Å². The van der Waals surface area contributed by atoms with Crippen molar-refractivity contribution in [2.24, 2.45) is 7.05 Å². The maximum absolute atomic E-state index is 13.5. The number of halogens is 2. The summed E-state index contributed by atoms with van der Waals surface area (Å²) < 4.78 is 21.0. The zero-order valence-corrected chi connectivity index (χ0v) is 20.6. The van der Waals surface area contributed by atoms with Gasteiger partial charge in [-0.25, -0.2) is 19.2 Å². The minimum absolute atomic E-state index is 0.0772. The zero-order valence-electron chi connectivity index (χ0n) is 19.9. The maximum Gasteiger partial charge on any atom is 0.322 e. The summed E-state index contributed by atoms with van der Waals surface area (Å²) in [5.74, 6) is 0.397. The van der Waals surface area contributed by atoms with E-state index >= 15 is 0 Å². The fourth-order valence-electron chi connectivity index (χ4n) is 3.87. The Kier molecular flexibility index (Phi) is 7.97. The van der Waals surface area contributed by atoms with Crippen molar-refractivity contribution in [3.63, 3.8) is 0 Å². The molecule has 4 aromatic rings. The van der Waals surface area contributed by atoms with Crippen LogP contribution >= 0.6 is 11.6 Å². The molecular weight excluding hydrogens is 487 g/mol. The van der Waals surface area contributed by atoms with Crippen molar-refractivity contribution in [2.75, 3.05) is 18.5 Å². The van der Waals surface area contributed by atoms with E-state index in [0.717, 1.165) is 16.3 Å². The summed E-state index contributed by atoms with van der Waals surface area (Å²) in [4.78, 5) is 23.5. The number of hydrogen-bond acceptors (Lipinski definition) is 6. The number of hydrogen-bond donors (Lipinski definition) is 2. The van der Waals surface area contributed by atoms with Crippen molar-refractivity contribution < 1.29 is 19.0 Å². The van der Waals surface area contributed by atoms with Gasteiger partial charge in [0, 0.05) is 43.0 Å². The fourth-order valence-corrected chi connectivity index (χ4v) is 4.05. The Hall–Kier alpha value is -3.76. The summed E-state index contributed by atoms with van der Waals surface area (Å²) in [5.41, 5.74) is 1.17. The molecular formula is C25H26ClFN6O3. The molecule has 0 fully saturated rings. The molecule has 36 heavy (non-hydrogen) atoms. The number of nitrogens with one attached hydrogen (secondary N) is 1. The van der Waals surface area contributed by atoms with Crippen LogP contribution in [0.5, 0.6) is 5.88 Å². The van der Waals surface area contributed by atoms with Crippen LogP contribution in [-0.2, 0) is 13.7 Å². The van der Waals surface area contributed by atoms with Gasteiger partial charge in [0.2, 0.25) is 5.88 Å². The topological polar surface area (TPSA) is 105 Å². The molecule has 2 N–H and O–H groups in total. The van der Waals surface area contributed by atoms with E-state index in [1.165, 1.54) is 18.2 Å². The van der Waals surface area contributed by atoms with E-state index in [-0.39, 0.29) is 24.8 Å². The van der Waals surface area contributed by atoms with Crippen LogP contribution in [0.1, 0.15) is 30.8 Å². The van der Waals surface area contributed by atoms with E-state index in [2.05, 4.69) is 20.4 Å². The van der Waals surface area contributed by atoms with Gasteiger partial charge in [-0.15, -0.1) is 0 Å². The average Bonchev–Trinajstić information content (AvgIpc) is 3.29. The number of aliphatic hydroxyl groups excluding tert-OH is 1. The summed E-state index contributed by atoms with van der Waals surface area (Å²) in [7, 11) is 1.78. The number of ether oxygens (including phenoxy) is 1. The molecule has 9 nitrogen and oxygen atoms in total. The number of carbonyl (C=O) groups excluding carboxylic acids is 1. The highest BCUT2D eigenvalue weighted by atomic mass is 35.5. The largest absolute Gasteiger partial charge is 0.469 e. The smallest absolute Gasteiger partial charge is 0.322 e. The first-order chi connectivity index (χ1) is 17.4. The van der Waals surface area contributed by atoms with Gasteiger partial charge >= 0.3 is 6.03 Å². The van der Waals surface area contributed by atoms with Crippen LogP contribution in [0, 0.1) is 5.82 Å². The Morgan fingerprint density at radius 1 is 1.25 bits per heavy atom. The minimum atomic E-state index is -0.571. The number of aliphatic hydroxyl groups is 1. The normalized spacial score (nSPS) is 11.9. The fraction of sp³-hybridized carbons (Fsp3) is 0.280. The number of carbonyl (C=O) groups is 1. The number of pyridine rings is 1. The monoisotopic (exact) mass is 512 g/mol. The highest BCUT2D eigenvalue weighted by molar-refractivity contribution is 6.31. The Morgan fingerprint density at radius 2 is 2.03 bits per heavy atom. The van der Waals surface area contributed by atoms with E-state index < -0.39 is 17.9 Å². The minimum Gasteiger partial charge on any atom is -0.469 e. The van der Waals surface area contributed by atoms with Crippen LogP contribution in [0.25, 0.3) is 10.8 Å². The first-order valence-corrected chi connectivity index (χ1v) is 11.7. The second kappa shape index (κ2) is 11.3. The number of aromatic nitrogens is 4. The summed E-state index contributed by atoms with van der Waals surface area (Å²) in [6.45, 7) is 2.26. The van der Waals surface area contributed by atoms with Gasteiger partial charge < -0.3 is 20.1 Å². The third-order valence-electron chi connectivity index (χ3n) is 5.68. The first-order valence-electron chi connectivity index (χ1n) is 11.4. The van der Waals surface area contributed by atoms with Crippen molar-refractivity contribution >= 4 is 34.1 Å². The molecule has 1 atom stereocenters. The molecule has 0 spiro atoms. The lowest BCUT2D eigenvalue weighted by atomic mass is 10.0. The Balaban J connectivity index is 1.61. The Morgan fingerprint density at radius 3 is 2.72 bits per heavy atom. The third-order valence-corrected chi connectivity index (χ3v) is 5.97. The summed E-state index contributed by atoms with van der Waals surface area (Å²) in [6, 6.07) is 10.8. The number of amides is 2. The summed E-state index contributed by atoms with van der Waals surface area (Å²) in [5, 5.41) is 18.0. The van der Waals surface area contributed by atoms with Crippen LogP contribution in [0.4, 0.5) is 14.9 Å². The first kappa shape index (κ1) is 25.3. The molecule has 4 rings (SSSR count). The highest BCUT2D eigenvalue weighted by Crippen LogP contribution is 2.33. The number of aryl methyl sites for hydroxylation is 1. The van der Waals surface area contributed by atoms with Gasteiger partial charge in [0.05, 0.1) is 11.1 Å². The van der Waals surface area contributed by atoms with E-state index in [4.69, 9.17) is 16.3 Å². The number of benzene rings is 2. The SMILES string of the molecule is CC(c1cnc(OCc2ncn(C)n2)c2ccccc12)N(CCCO)C(=O)Nc1ccc(F)c(Cl)c1. The molecule has 2 amide bonds. The molecule has 0 bridgehead atoms. The van der Waals surface area contributed by atoms with Crippen LogP contribution in [-0.4, -0.2) is 48.9 Å². The summed E-state index contributed by atoms with van der Waals surface area (Å²) in [6.07, 6.45) is 3.66. The lowest BCUT2D eigenvalue weighted by molar-refractivity contribution is 0.182. The second-order valence-electron chi connectivity index (χ2n) is 8.19.